The number of ether oxygens (including phenoxy) is 2. The Labute approximate surface area is 234 Å². The first kappa shape index (κ1) is 28.6. The highest BCUT2D eigenvalue weighted by Gasteiger charge is 2.54. The fourth-order valence-corrected chi connectivity index (χ4v) is 6.39. The number of nitrogens with zero attached hydrogens (tertiary/aromatic N) is 3. The lowest BCUT2D eigenvalue weighted by atomic mass is 9.98. The number of oxime groups is 1. The zero-order chi connectivity index (χ0) is 28.1. The topological polar surface area (TPSA) is 163 Å². The molecule has 1 aromatic heterocycles. The van der Waals surface area contributed by atoms with E-state index < -0.39 is 35.2 Å². The fraction of sp³-hybridized carbons (Fsp3) is 0.520. The van der Waals surface area contributed by atoms with E-state index in [1.807, 2.05) is 0 Å². The standard InChI is InChI=1S/C25H31N5O7S2/c1-4-14(23(33)37-15-8-6-5-7-9-15)10-36-24(34)19-13(2)11-38-22-18(21(32)30(19)22)28-20(31)17(29-35-3)16-12-39-25(26)27-16/h4,12,15,18,22H,5-11H2,1-3H3,(H2,26,27)(H,28,31)/b14-4+,29-17-/t18-,22-/m1/s1. The van der Waals surface area contributed by atoms with Gasteiger partial charge in [-0.05, 0) is 45.1 Å². The van der Waals surface area contributed by atoms with E-state index in [2.05, 4.69) is 15.5 Å². The second-order valence-corrected chi connectivity index (χ2v) is 11.2. The number of nitrogens with one attached hydrogen (secondary N) is 1. The molecule has 3 aliphatic rings. The second kappa shape index (κ2) is 12.6. The number of thiazole rings is 1. The van der Waals surface area contributed by atoms with Crippen molar-refractivity contribution in [1.82, 2.24) is 15.2 Å². The van der Waals surface area contributed by atoms with E-state index >= 15 is 0 Å². The van der Waals surface area contributed by atoms with Crippen LogP contribution < -0.4 is 11.1 Å². The minimum atomic E-state index is -0.895. The number of thioether (sulfide) groups is 1. The Bertz CT molecular complexity index is 1240. The molecule has 0 unspecified atom stereocenters. The third kappa shape index (κ3) is 6.27. The average Bonchev–Trinajstić information content (AvgIpc) is 3.36. The molecule has 0 bridgehead atoms. The minimum absolute atomic E-state index is 0.114. The van der Waals surface area contributed by atoms with Crippen LogP contribution >= 0.6 is 23.1 Å². The van der Waals surface area contributed by atoms with Crippen LogP contribution in [0.15, 0.2) is 33.5 Å². The average molecular weight is 578 g/mol. The molecule has 0 radical (unpaired) electrons. The zero-order valence-corrected chi connectivity index (χ0v) is 23.6. The largest absolute Gasteiger partial charge is 0.459 e. The Kier molecular flexibility index (Phi) is 9.28. The SMILES string of the molecule is C/C=C(\COC(=O)C1=C(C)CS[C@@H]2[C@H](NC(=O)/C(=N\OC)c3csc(N)n3)C(=O)N12)C(=O)OC1CCCCC1. The van der Waals surface area contributed by atoms with Gasteiger partial charge in [0.15, 0.2) is 10.8 Å². The number of aromatic nitrogens is 1. The lowest BCUT2D eigenvalue weighted by Gasteiger charge is -2.49. The number of anilines is 1. The monoisotopic (exact) mass is 577 g/mol. The van der Waals surface area contributed by atoms with Gasteiger partial charge >= 0.3 is 11.9 Å². The molecule has 1 saturated carbocycles. The number of fused-ring (bicyclic) bond motifs is 1. The van der Waals surface area contributed by atoms with Crippen molar-refractivity contribution in [1.29, 1.82) is 0 Å². The Morgan fingerprint density at radius 3 is 2.67 bits per heavy atom. The molecular weight excluding hydrogens is 546 g/mol. The Hall–Kier alpha value is -3.39. The van der Waals surface area contributed by atoms with Crippen molar-refractivity contribution in [3.05, 3.63) is 34.0 Å². The Morgan fingerprint density at radius 2 is 2.03 bits per heavy atom. The van der Waals surface area contributed by atoms with Crippen LogP contribution in [0.4, 0.5) is 5.13 Å². The van der Waals surface area contributed by atoms with E-state index in [1.54, 1.807) is 25.3 Å². The van der Waals surface area contributed by atoms with Crippen molar-refractivity contribution in [2.75, 3.05) is 25.2 Å². The van der Waals surface area contributed by atoms with E-state index in [0.717, 1.165) is 43.4 Å². The van der Waals surface area contributed by atoms with Crippen molar-refractivity contribution in [2.45, 2.75) is 63.5 Å². The van der Waals surface area contributed by atoms with Gasteiger partial charge in [-0.15, -0.1) is 23.1 Å². The summed E-state index contributed by atoms with van der Waals surface area (Å²) in [6.45, 7) is 3.14. The summed E-state index contributed by atoms with van der Waals surface area (Å²) in [6.07, 6.45) is 6.29. The number of β-lactam (4-membered cyclic amide) rings is 1. The van der Waals surface area contributed by atoms with Crippen molar-refractivity contribution in [3.8, 4) is 0 Å². The zero-order valence-electron chi connectivity index (χ0n) is 21.9. The number of carbonyl (C=O) groups excluding carboxylic acids is 4. The number of allylic oxidation sites excluding steroid dienone is 1. The van der Waals surface area contributed by atoms with Crippen LogP contribution in [0, 0.1) is 0 Å². The van der Waals surface area contributed by atoms with Crippen molar-refractivity contribution in [3.63, 3.8) is 0 Å². The van der Waals surface area contributed by atoms with Gasteiger partial charge in [-0.2, -0.15) is 0 Å². The third-order valence-electron chi connectivity index (χ3n) is 6.60. The molecule has 2 atom stereocenters. The van der Waals surface area contributed by atoms with Gasteiger partial charge in [0.1, 0.15) is 42.6 Å². The van der Waals surface area contributed by atoms with Gasteiger partial charge in [-0.25, -0.2) is 14.6 Å². The molecule has 1 aliphatic carbocycles. The number of esters is 2. The quantitative estimate of drug-likeness (QED) is 0.146. The molecule has 3 heterocycles. The molecule has 39 heavy (non-hydrogen) atoms. The van der Waals surface area contributed by atoms with Gasteiger partial charge in [0.05, 0.1) is 5.57 Å². The first-order valence-corrected chi connectivity index (χ1v) is 14.5. The first-order valence-electron chi connectivity index (χ1n) is 12.6. The molecule has 14 heteroatoms. The predicted octanol–water partition coefficient (Wildman–Crippen LogP) is 2.12. The molecule has 3 N–H and O–H groups in total. The van der Waals surface area contributed by atoms with E-state index in [9.17, 15) is 19.2 Å². The van der Waals surface area contributed by atoms with Crippen LogP contribution in [0.1, 0.15) is 51.6 Å². The van der Waals surface area contributed by atoms with Crippen molar-refractivity contribution >= 4 is 57.7 Å². The van der Waals surface area contributed by atoms with Gasteiger partial charge in [-0.1, -0.05) is 17.7 Å². The smallest absolute Gasteiger partial charge is 0.355 e. The fourth-order valence-electron chi connectivity index (χ4n) is 4.55. The van der Waals surface area contributed by atoms with Gasteiger partial charge in [0.2, 0.25) is 0 Å². The highest BCUT2D eigenvalue weighted by Crippen LogP contribution is 2.40. The number of amides is 2. The normalized spacial score (nSPS) is 22.1. The molecule has 0 aromatic carbocycles. The summed E-state index contributed by atoms with van der Waals surface area (Å²) >= 11 is 2.54. The highest BCUT2D eigenvalue weighted by atomic mass is 32.2. The number of nitrogens with two attached hydrogens (primary N) is 1. The predicted molar refractivity (Wildman–Crippen MR) is 145 cm³/mol. The highest BCUT2D eigenvalue weighted by molar-refractivity contribution is 8.00. The molecule has 0 spiro atoms. The maximum atomic E-state index is 13.1. The molecule has 1 aromatic rings. The van der Waals surface area contributed by atoms with Crippen LogP contribution in [0.25, 0.3) is 0 Å². The maximum Gasteiger partial charge on any atom is 0.355 e. The number of rotatable bonds is 9. The lowest BCUT2D eigenvalue weighted by molar-refractivity contribution is -0.153. The number of hydrogen-bond acceptors (Lipinski definition) is 12. The summed E-state index contributed by atoms with van der Waals surface area (Å²) < 4.78 is 11.0. The van der Waals surface area contributed by atoms with E-state index in [1.165, 1.54) is 23.8 Å². The lowest BCUT2D eigenvalue weighted by Crippen LogP contribution is -2.71. The van der Waals surface area contributed by atoms with Crippen LogP contribution in [-0.4, -0.2) is 76.3 Å². The number of carbonyl (C=O) groups is 4. The molecule has 2 fully saturated rings. The van der Waals surface area contributed by atoms with E-state index in [-0.39, 0.29) is 40.5 Å². The van der Waals surface area contributed by atoms with Gasteiger partial charge < -0.3 is 25.4 Å². The number of hydrogen-bond donors (Lipinski definition) is 2. The molecule has 4 rings (SSSR count). The van der Waals surface area contributed by atoms with E-state index in [0.29, 0.717) is 11.3 Å². The summed E-state index contributed by atoms with van der Waals surface area (Å²) in [5.74, 6) is -1.90. The van der Waals surface area contributed by atoms with Gasteiger partial charge in [0, 0.05) is 11.1 Å². The number of nitrogen functional groups attached to an aromatic ring is 1. The summed E-state index contributed by atoms with van der Waals surface area (Å²) in [7, 11) is 1.29. The summed E-state index contributed by atoms with van der Waals surface area (Å²) in [5, 5.41) is 7.69. The molecular formula is C25H31N5O7S2. The van der Waals surface area contributed by atoms with Crippen LogP contribution in [0.2, 0.25) is 0 Å². The molecule has 2 amide bonds. The second-order valence-electron chi connectivity index (χ2n) is 9.24. The summed E-state index contributed by atoms with van der Waals surface area (Å²) in [5.41, 5.74) is 6.77. The molecule has 210 valence electrons. The first-order chi connectivity index (χ1) is 18.7. The molecule has 12 nitrogen and oxygen atoms in total. The maximum absolute atomic E-state index is 13.1. The Morgan fingerprint density at radius 1 is 1.28 bits per heavy atom. The van der Waals surface area contributed by atoms with E-state index in [4.69, 9.17) is 20.0 Å². The van der Waals surface area contributed by atoms with Crippen LogP contribution in [0.3, 0.4) is 0 Å². The molecule has 1 saturated heterocycles. The Balaban J connectivity index is 1.38. The van der Waals surface area contributed by atoms with Crippen LogP contribution in [0.5, 0.6) is 0 Å². The summed E-state index contributed by atoms with van der Waals surface area (Å²) in [4.78, 5) is 61.9. The summed E-state index contributed by atoms with van der Waals surface area (Å²) in [6, 6.07) is -0.895. The minimum Gasteiger partial charge on any atom is -0.459 e. The third-order valence-corrected chi connectivity index (χ3v) is 8.69. The van der Waals surface area contributed by atoms with Crippen molar-refractivity contribution in [2.24, 2.45) is 5.16 Å². The van der Waals surface area contributed by atoms with Crippen LogP contribution in [-0.2, 0) is 33.5 Å². The van der Waals surface area contributed by atoms with Crippen molar-refractivity contribution < 1.29 is 33.5 Å². The van der Waals surface area contributed by atoms with Gasteiger partial charge in [0.25, 0.3) is 11.8 Å². The molecule has 2 aliphatic heterocycles. The van der Waals surface area contributed by atoms with Gasteiger partial charge in [-0.3, -0.25) is 14.5 Å².